The fourth-order valence-corrected chi connectivity index (χ4v) is 1.93. The third-order valence-electron chi connectivity index (χ3n) is 2.23. The van der Waals surface area contributed by atoms with Crippen LogP contribution in [0.1, 0.15) is 5.69 Å². The summed E-state index contributed by atoms with van der Waals surface area (Å²) in [5.41, 5.74) is 7.32. The summed E-state index contributed by atoms with van der Waals surface area (Å²) in [4.78, 5) is 0. The van der Waals surface area contributed by atoms with Gasteiger partial charge < -0.3 is 11.1 Å². The van der Waals surface area contributed by atoms with Gasteiger partial charge in [0, 0.05) is 0 Å². The highest BCUT2D eigenvalue weighted by Crippen LogP contribution is 2.28. The lowest BCUT2D eigenvalue weighted by Crippen LogP contribution is -2.21. The standard InChI is InChI=1S/C11H11BrN4S/c1-7-9(12)10(14-11(13)17)16(15-7)8-5-3-2-4-6-8/h2-6H,1H3,(H3,13,14,17). The smallest absolute Gasteiger partial charge is 0.169 e. The first-order chi connectivity index (χ1) is 8.09. The Morgan fingerprint density at radius 1 is 1.41 bits per heavy atom. The van der Waals surface area contributed by atoms with Crippen LogP contribution in [0.2, 0.25) is 0 Å². The van der Waals surface area contributed by atoms with E-state index in [0.717, 1.165) is 21.7 Å². The molecule has 0 bridgehead atoms. The molecule has 17 heavy (non-hydrogen) atoms. The van der Waals surface area contributed by atoms with Crippen molar-refractivity contribution in [1.29, 1.82) is 0 Å². The number of nitrogens with zero attached hydrogens (tertiary/aromatic N) is 2. The highest BCUT2D eigenvalue weighted by atomic mass is 79.9. The molecule has 0 aliphatic carbocycles. The summed E-state index contributed by atoms with van der Waals surface area (Å²) in [5, 5.41) is 7.56. The van der Waals surface area contributed by atoms with Gasteiger partial charge in [0.25, 0.3) is 0 Å². The summed E-state index contributed by atoms with van der Waals surface area (Å²) in [5.74, 6) is 0.737. The first kappa shape index (κ1) is 12.1. The minimum absolute atomic E-state index is 0.211. The fourth-order valence-electron chi connectivity index (χ4n) is 1.49. The molecule has 0 amide bonds. The van der Waals surface area contributed by atoms with Crippen LogP contribution in [0.3, 0.4) is 0 Å². The van der Waals surface area contributed by atoms with Crippen molar-refractivity contribution >= 4 is 39.1 Å². The molecular formula is C11H11BrN4S. The molecule has 6 heteroatoms. The zero-order chi connectivity index (χ0) is 12.4. The summed E-state index contributed by atoms with van der Waals surface area (Å²) in [6.45, 7) is 1.91. The van der Waals surface area contributed by atoms with Crippen molar-refractivity contribution in [3.8, 4) is 5.69 Å². The maximum atomic E-state index is 5.51. The maximum absolute atomic E-state index is 5.51. The molecule has 1 heterocycles. The third-order valence-corrected chi connectivity index (χ3v) is 3.28. The molecule has 0 saturated heterocycles. The van der Waals surface area contributed by atoms with Crippen molar-refractivity contribution < 1.29 is 0 Å². The number of thiocarbonyl (C=S) groups is 1. The van der Waals surface area contributed by atoms with Crippen LogP contribution in [0.25, 0.3) is 5.69 Å². The monoisotopic (exact) mass is 310 g/mol. The molecule has 0 aliphatic rings. The van der Waals surface area contributed by atoms with Gasteiger partial charge in [-0.05, 0) is 47.2 Å². The van der Waals surface area contributed by atoms with E-state index in [1.165, 1.54) is 0 Å². The number of hydrogen-bond acceptors (Lipinski definition) is 2. The molecule has 1 aromatic heterocycles. The Kier molecular flexibility index (Phi) is 3.44. The van der Waals surface area contributed by atoms with Gasteiger partial charge in [-0.25, -0.2) is 4.68 Å². The molecule has 0 unspecified atom stereocenters. The number of aryl methyl sites for hydroxylation is 1. The van der Waals surface area contributed by atoms with Crippen molar-refractivity contribution in [3.05, 3.63) is 40.5 Å². The zero-order valence-electron chi connectivity index (χ0n) is 9.14. The number of nitrogens with two attached hydrogens (primary N) is 1. The Balaban J connectivity index is 2.54. The minimum atomic E-state index is 0.211. The van der Waals surface area contributed by atoms with Crippen molar-refractivity contribution in [2.75, 3.05) is 5.32 Å². The number of halogens is 1. The predicted octanol–water partition coefficient (Wildman–Crippen LogP) is 2.60. The number of aromatic nitrogens is 2. The molecule has 0 saturated carbocycles. The zero-order valence-corrected chi connectivity index (χ0v) is 11.5. The normalized spacial score (nSPS) is 10.2. The molecule has 0 radical (unpaired) electrons. The number of rotatable bonds is 2. The molecule has 0 aliphatic heterocycles. The summed E-state index contributed by atoms with van der Waals surface area (Å²) in [6.07, 6.45) is 0. The van der Waals surface area contributed by atoms with Crippen LogP contribution in [0.5, 0.6) is 0 Å². The van der Waals surface area contributed by atoms with Crippen LogP contribution in [0.4, 0.5) is 5.82 Å². The van der Waals surface area contributed by atoms with Gasteiger partial charge in [-0.15, -0.1) is 0 Å². The fraction of sp³-hybridized carbons (Fsp3) is 0.0909. The maximum Gasteiger partial charge on any atom is 0.169 e. The molecule has 2 aromatic rings. The molecule has 0 atom stereocenters. The van der Waals surface area contributed by atoms with Crippen molar-refractivity contribution in [2.24, 2.45) is 5.73 Å². The Hall–Kier alpha value is -1.40. The van der Waals surface area contributed by atoms with E-state index < -0.39 is 0 Å². The van der Waals surface area contributed by atoms with Crippen LogP contribution in [-0.4, -0.2) is 14.9 Å². The van der Waals surface area contributed by atoms with E-state index in [4.69, 9.17) is 18.0 Å². The van der Waals surface area contributed by atoms with Gasteiger partial charge in [0.2, 0.25) is 0 Å². The quantitative estimate of drug-likeness (QED) is 0.837. The second-order valence-electron chi connectivity index (χ2n) is 3.48. The SMILES string of the molecule is Cc1nn(-c2ccccc2)c(NC(N)=S)c1Br. The van der Waals surface area contributed by atoms with Crippen molar-refractivity contribution in [2.45, 2.75) is 6.92 Å². The molecule has 1 aromatic carbocycles. The number of nitrogens with one attached hydrogen (secondary N) is 1. The third kappa shape index (κ3) is 2.48. The first-order valence-corrected chi connectivity index (χ1v) is 6.16. The Bertz CT molecular complexity index is 550. The number of anilines is 1. The predicted molar refractivity (Wildman–Crippen MR) is 76.4 cm³/mol. The molecule has 88 valence electrons. The number of benzene rings is 1. The summed E-state index contributed by atoms with van der Waals surface area (Å²) in [6, 6.07) is 9.78. The van der Waals surface area contributed by atoms with Gasteiger partial charge >= 0.3 is 0 Å². The van der Waals surface area contributed by atoms with Gasteiger partial charge in [-0.2, -0.15) is 5.10 Å². The van der Waals surface area contributed by atoms with Gasteiger partial charge in [-0.3, -0.25) is 0 Å². The molecular weight excluding hydrogens is 300 g/mol. The summed E-state index contributed by atoms with van der Waals surface area (Å²) in [7, 11) is 0. The van der Waals surface area contributed by atoms with Gasteiger partial charge in [0.15, 0.2) is 10.9 Å². The van der Waals surface area contributed by atoms with Crippen LogP contribution in [0.15, 0.2) is 34.8 Å². The average molecular weight is 311 g/mol. The van der Waals surface area contributed by atoms with Gasteiger partial charge in [-0.1, -0.05) is 18.2 Å². The lowest BCUT2D eigenvalue weighted by molar-refractivity contribution is 0.870. The van der Waals surface area contributed by atoms with E-state index in [9.17, 15) is 0 Å². The number of hydrogen-bond donors (Lipinski definition) is 2. The second kappa shape index (κ2) is 4.85. The highest BCUT2D eigenvalue weighted by Gasteiger charge is 2.14. The van der Waals surface area contributed by atoms with Crippen LogP contribution >= 0.6 is 28.1 Å². The van der Waals surface area contributed by atoms with E-state index in [-0.39, 0.29) is 5.11 Å². The van der Waals surface area contributed by atoms with Gasteiger partial charge in [0.1, 0.15) is 0 Å². The van der Waals surface area contributed by atoms with E-state index in [2.05, 4.69) is 26.3 Å². The lowest BCUT2D eigenvalue weighted by Gasteiger charge is -2.08. The number of para-hydroxylation sites is 1. The van der Waals surface area contributed by atoms with Crippen molar-refractivity contribution in [1.82, 2.24) is 9.78 Å². The summed E-state index contributed by atoms with van der Waals surface area (Å²) < 4.78 is 2.62. The Morgan fingerprint density at radius 2 is 2.06 bits per heavy atom. The van der Waals surface area contributed by atoms with E-state index in [1.807, 2.05) is 37.3 Å². The summed E-state index contributed by atoms with van der Waals surface area (Å²) >= 11 is 8.33. The Labute approximate surface area is 113 Å². The Morgan fingerprint density at radius 3 is 2.65 bits per heavy atom. The first-order valence-electron chi connectivity index (χ1n) is 4.96. The molecule has 3 N–H and O–H groups in total. The highest BCUT2D eigenvalue weighted by molar-refractivity contribution is 9.10. The topological polar surface area (TPSA) is 55.9 Å². The lowest BCUT2D eigenvalue weighted by atomic mass is 10.3. The molecule has 2 rings (SSSR count). The van der Waals surface area contributed by atoms with Gasteiger partial charge in [0.05, 0.1) is 15.9 Å². The average Bonchev–Trinajstić information content (AvgIpc) is 2.58. The van der Waals surface area contributed by atoms with Crippen LogP contribution in [0, 0.1) is 6.92 Å². The van der Waals surface area contributed by atoms with Crippen LogP contribution < -0.4 is 11.1 Å². The van der Waals surface area contributed by atoms with Crippen molar-refractivity contribution in [3.63, 3.8) is 0 Å². The largest absolute Gasteiger partial charge is 0.376 e. The minimum Gasteiger partial charge on any atom is -0.376 e. The van der Waals surface area contributed by atoms with E-state index in [0.29, 0.717) is 0 Å². The molecule has 4 nitrogen and oxygen atoms in total. The van der Waals surface area contributed by atoms with E-state index in [1.54, 1.807) is 4.68 Å². The molecule has 0 fully saturated rings. The second-order valence-corrected chi connectivity index (χ2v) is 4.72. The van der Waals surface area contributed by atoms with Crippen LogP contribution in [-0.2, 0) is 0 Å². The molecule has 0 spiro atoms. The van der Waals surface area contributed by atoms with E-state index >= 15 is 0 Å².